The lowest BCUT2D eigenvalue weighted by Gasteiger charge is -2.13. The normalized spacial score (nSPS) is 13.0. The minimum absolute atomic E-state index is 0.207. The van der Waals surface area contributed by atoms with Crippen LogP contribution in [0, 0.1) is 0 Å². The van der Waals surface area contributed by atoms with Crippen molar-refractivity contribution in [3.63, 3.8) is 0 Å². The van der Waals surface area contributed by atoms with Crippen LogP contribution in [0.1, 0.15) is 11.7 Å². The van der Waals surface area contributed by atoms with Gasteiger partial charge in [0.25, 0.3) is 0 Å². The second-order valence-corrected chi connectivity index (χ2v) is 5.16. The van der Waals surface area contributed by atoms with Crippen molar-refractivity contribution in [2.75, 3.05) is 6.54 Å². The number of hydrogen-bond acceptors (Lipinski definition) is 2. The molecule has 0 saturated carbocycles. The lowest BCUT2D eigenvalue weighted by atomic mass is 10.1. The Morgan fingerprint density at radius 1 is 1.23 bits per heavy atom. The maximum absolute atomic E-state index is 9.58. The Morgan fingerprint density at radius 2 is 1.69 bits per heavy atom. The van der Waals surface area contributed by atoms with E-state index in [1.54, 1.807) is 0 Å². The zero-order chi connectivity index (χ0) is 10.0. The van der Waals surface area contributed by atoms with Crippen LogP contribution in [0.2, 0.25) is 0 Å². The largest absolute Gasteiger partial charge is 0.387 e. The smallest absolute Gasteiger partial charge is 0.0934 e. The topological polar surface area (TPSA) is 46.2 Å². The van der Waals surface area contributed by atoms with E-state index >= 15 is 0 Å². The first-order valence-electron chi connectivity index (χ1n) is 3.59. The Bertz CT molecular complexity index is 293. The molecule has 0 amide bonds. The molecule has 0 radical (unpaired) electrons. The van der Waals surface area contributed by atoms with Crippen LogP contribution in [-0.2, 0) is 0 Å². The fraction of sp³-hybridized carbons (Fsp3) is 0.250. The van der Waals surface area contributed by atoms with Crippen LogP contribution in [0.5, 0.6) is 0 Å². The molecule has 0 aliphatic carbocycles. The molecule has 5 heteroatoms. The lowest BCUT2D eigenvalue weighted by molar-refractivity contribution is 0.185. The van der Waals surface area contributed by atoms with Crippen LogP contribution in [-0.4, -0.2) is 11.7 Å². The van der Waals surface area contributed by atoms with Gasteiger partial charge < -0.3 is 10.8 Å². The molecular formula is C8H8Br3NO. The summed E-state index contributed by atoms with van der Waals surface area (Å²) in [6.07, 6.45) is -0.642. The maximum atomic E-state index is 9.58. The second kappa shape index (κ2) is 4.89. The van der Waals surface area contributed by atoms with Gasteiger partial charge in [0.15, 0.2) is 0 Å². The van der Waals surface area contributed by atoms with Crippen LogP contribution in [0.15, 0.2) is 25.6 Å². The van der Waals surface area contributed by atoms with Crippen LogP contribution in [0.4, 0.5) is 0 Å². The molecule has 13 heavy (non-hydrogen) atoms. The summed E-state index contributed by atoms with van der Waals surface area (Å²) in [6.45, 7) is 0.207. The average Bonchev–Trinajstić information content (AvgIpc) is 2.02. The molecule has 0 bridgehead atoms. The van der Waals surface area contributed by atoms with E-state index in [-0.39, 0.29) is 6.54 Å². The van der Waals surface area contributed by atoms with Crippen molar-refractivity contribution in [2.24, 2.45) is 5.73 Å². The number of aliphatic hydroxyl groups excluding tert-OH is 1. The van der Waals surface area contributed by atoms with E-state index in [1.165, 1.54) is 0 Å². The van der Waals surface area contributed by atoms with Gasteiger partial charge in [0.1, 0.15) is 0 Å². The lowest BCUT2D eigenvalue weighted by Crippen LogP contribution is -2.12. The zero-order valence-corrected chi connectivity index (χ0v) is 11.4. The molecule has 0 unspecified atom stereocenters. The Morgan fingerprint density at radius 3 is 2.08 bits per heavy atom. The van der Waals surface area contributed by atoms with E-state index < -0.39 is 6.10 Å². The summed E-state index contributed by atoms with van der Waals surface area (Å²) in [5.74, 6) is 0. The number of rotatable bonds is 2. The zero-order valence-electron chi connectivity index (χ0n) is 6.60. The number of halogens is 3. The summed E-state index contributed by atoms with van der Waals surface area (Å²) in [5, 5.41) is 9.58. The molecule has 1 rings (SSSR count). The van der Waals surface area contributed by atoms with Gasteiger partial charge in [-0.05, 0) is 12.1 Å². The van der Waals surface area contributed by atoms with Crippen molar-refractivity contribution in [2.45, 2.75) is 6.10 Å². The summed E-state index contributed by atoms with van der Waals surface area (Å²) < 4.78 is 2.62. The third-order valence-electron chi connectivity index (χ3n) is 1.60. The van der Waals surface area contributed by atoms with Gasteiger partial charge in [-0.2, -0.15) is 0 Å². The first-order valence-corrected chi connectivity index (χ1v) is 5.96. The Kier molecular flexibility index (Phi) is 4.38. The molecule has 0 spiro atoms. The van der Waals surface area contributed by atoms with Gasteiger partial charge in [-0.3, -0.25) is 0 Å². The third kappa shape index (κ3) is 2.76. The first kappa shape index (κ1) is 11.7. The average molecular weight is 374 g/mol. The minimum atomic E-state index is -0.642. The van der Waals surface area contributed by atoms with Crippen LogP contribution in [0.25, 0.3) is 0 Å². The highest BCUT2D eigenvalue weighted by Crippen LogP contribution is 2.33. The van der Waals surface area contributed by atoms with Gasteiger partial charge in [-0.15, -0.1) is 0 Å². The van der Waals surface area contributed by atoms with Crippen molar-refractivity contribution in [1.82, 2.24) is 0 Å². The Labute approximate surface area is 102 Å². The second-order valence-electron chi connectivity index (χ2n) is 2.53. The molecule has 0 aromatic heterocycles. The number of hydrogen-bond donors (Lipinski definition) is 2. The highest BCUT2D eigenvalue weighted by molar-refractivity contribution is 9.11. The molecule has 0 fully saturated rings. The fourth-order valence-electron chi connectivity index (χ4n) is 0.990. The first-order chi connectivity index (χ1) is 6.06. The van der Waals surface area contributed by atoms with Crippen molar-refractivity contribution in [1.29, 1.82) is 0 Å². The van der Waals surface area contributed by atoms with Crippen molar-refractivity contribution < 1.29 is 5.11 Å². The highest BCUT2D eigenvalue weighted by Gasteiger charge is 2.13. The number of nitrogens with two attached hydrogens (primary N) is 1. The molecule has 3 N–H and O–H groups in total. The molecule has 0 heterocycles. The van der Waals surface area contributed by atoms with Crippen LogP contribution in [0.3, 0.4) is 0 Å². The predicted molar refractivity (Wildman–Crippen MR) is 63.6 cm³/mol. The van der Waals surface area contributed by atoms with E-state index in [0.717, 1.165) is 19.0 Å². The van der Waals surface area contributed by atoms with E-state index in [0.29, 0.717) is 0 Å². The van der Waals surface area contributed by atoms with Crippen molar-refractivity contribution in [3.05, 3.63) is 31.1 Å². The molecule has 1 aromatic rings. The van der Waals surface area contributed by atoms with Gasteiger partial charge in [0.2, 0.25) is 0 Å². The minimum Gasteiger partial charge on any atom is -0.387 e. The maximum Gasteiger partial charge on any atom is 0.0934 e. The number of benzene rings is 1. The Hall–Kier alpha value is 0.580. The van der Waals surface area contributed by atoms with Crippen molar-refractivity contribution in [3.8, 4) is 0 Å². The van der Waals surface area contributed by atoms with Gasteiger partial charge in [0.05, 0.1) is 6.10 Å². The van der Waals surface area contributed by atoms with E-state index in [4.69, 9.17) is 5.73 Å². The van der Waals surface area contributed by atoms with Gasteiger partial charge in [-0.25, -0.2) is 0 Å². The standard InChI is InChI=1S/C8H8Br3NO/c9-4-1-5(10)8(6(11)2-4)7(13)3-12/h1-2,7,13H,3,12H2/t7-/m0/s1. The summed E-state index contributed by atoms with van der Waals surface area (Å²) in [4.78, 5) is 0. The summed E-state index contributed by atoms with van der Waals surface area (Å²) in [6, 6.07) is 3.75. The molecule has 2 nitrogen and oxygen atoms in total. The van der Waals surface area contributed by atoms with E-state index in [9.17, 15) is 5.11 Å². The van der Waals surface area contributed by atoms with E-state index in [2.05, 4.69) is 47.8 Å². The summed E-state index contributed by atoms with van der Waals surface area (Å²) >= 11 is 10.1. The van der Waals surface area contributed by atoms with Gasteiger partial charge in [-0.1, -0.05) is 47.8 Å². The fourth-order valence-corrected chi connectivity index (χ4v) is 3.78. The van der Waals surface area contributed by atoms with Gasteiger partial charge in [0, 0.05) is 25.5 Å². The SMILES string of the molecule is NC[C@H](O)c1c(Br)cc(Br)cc1Br. The van der Waals surface area contributed by atoms with Gasteiger partial charge >= 0.3 is 0 Å². The molecular weight excluding hydrogens is 366 g/mol. The highest BCUT2D eigenvalue weighted by atomic mass is 79.9. The molecule has 0 saturated heterocycles. The van der Waals surface area contributed by atoms with Crippen LogP contribution >= 0.6 is 47.8 Å². The summed E-state index contributed by atoms with van der Waals surface area (Å²) in [7, 11) is 0. The molecule has 0 aliphatic heterocycles. The molecule has 1 atom stereocenters. The molecule has 1 aromatic carbocycles. The van der Waals surface area contributed by atoms with E-state index in [1.807, 2.05) is 12.1 Å². The molecule has 0 aliphatic rings. The molecule has 72 valence electrons. The summed E-state index contributed by atoms with van der Waals surface area (Å²) in [5.41, 5.74) is 6.16. The van der Waals surface area contributed by atoms with Crippen LogP contribution < -0.4 is 5.73 Å². The third-order valence-corrected chi connectivity index (χ3v) is 3.37. The predicted octanol–water partition coefficient (Wildman–Crippen LogP) is 2.97. The number of aliphatic hydroxyl groups is 1. The Balaban J connectivity index is 3.20. The van der Waals surface area contributed by atoms with Crippen molar-refractivity contribution >= 4 is 47.8 Å². The monoisotopic (exact) mass is 371 g/mol. The quantitative estimate of drug-likeness (QED) is 0.837.